The molecule has 0 bridgehead atoms. The fourth-order valence-electron chi connectivity index (χ4n) is 5.32. The van der Waals surface area contributed by atoms with Crippen molar-refractivity contribution in [2.75, 3.05) is 49.5 Å². The summed E-state index contributed by atoms with van der Waals surface area (Å²) in [6, 6.07) is 39.4. The molecule has 0 amide bonds. The van der Waals surface area contributed by atoms with E-state index in [-0.39, 0.29) is 0 Å². The van der Waals surface area contributed by atoms with Crippen LogP contribution < -0.4 is 21.3 Å². The highest BCUT2D eigenvalue weighted by atomic mass is 15.0. The highest BCUT2D eigenvalue weighted by Gasteiger charge is 2.15. The van der Waals surface area contributed by atoms with Gasteiger partial charge in [0.1, 0.15) is 0 Å². The molecule has 0 spiro atoms. The normalized spacial score (nSPS) is 10.7. The molecule has 0 unspecified atom stereocenters. The molecule has 0 aliphatic rings. The van der Waals surface area contributed by atoms with Crippen LogP contribution in [0.1, 0.15) is 0 Å². The number of hydrogen-bond donors (Lipinski definition) is 4. The Labute approximate surface area is 258 Å². The predicted octanol–water partition coefficient (Wildman–Crippen LogP) is 8.37. The summed E-state index contributed by atoms with van der Waals surface area (Å²) >= 11 is 0. The van der Waals surface area contributed by atoms with Crippen LogP contribution in [0, 0.1) is 0 Å². The molecule has 0 saturated heterocycles. The van der Waals surface area contributed by atoms with Crippen LogP contribution in [0.5, 0.6) is 0 Å². The van der Waals surface area contributed by atoms with E-state index in [4.69, 9.17) is 15.0 Å². The van der Waals surface area contributed by atoms with Gasteiger partial charge in [-0.1, -0.05) is 66.7 Å². The molecule has 44 heavy (non-hydrogen) atoms. The van der Waals surface area contributed by atoms with Gasteiger partial charge in [0, 0.05) is 78.8 Å². The number of nitrogens with one attached hydrogen (secondary N) is 4. The molecular formula is C37H35N7. The summed E-state index contributed by atoms with van der Waals surface area (Å²) in [5, 5.41) is 13.1. The van der Waals surface area contributed by atoms with Gasteiger partial charge in [0.15, 0.2) is 17.5 Å². The molecule has 5 aromatic carbocycles. The Bertz CT molecular complexity index is 1800. The van der Waals surface area contributed by atoms with Crippen molar-refractivity contribution in [2.45, 2.75) is 0 Å². The fraction of sp³-hybridized carbons (Fsp3) is 0.108. The summed E-state index contributed by atoms with van der Waals surface area (Å²) in [5.41, 5.74) is 11.3. The van der Waals surface area contributed by atoms with Crippen LogP contribution in [-0.4, -0.2) is 43.1 Å². The van der Waals surface area contributed by atoms with E-state index in [2.05, 4.69) is 106 Å². The summed E-state index contributed by atoms with van der Waals surface area (Å²) < 4.78 is 0. The molecule has 0 saturated carbocycles. The third-order valence-electron chi connectivity index (χ3n) is 7.69. The number of rotatable bonds is 9. The van der Waals surface area contributed by atoms with Crippen molar-refractivity contribution in [2.24, 2.45) is 0 Å². The van der Waals surface area contributed by atoms with E-state index in [1.165, 1.54) is 0 Å². The second kappa shape index (κ2) is 12.7. The van der Waals surface area contributed by atoms with Gasteiger partial charge in [-0.25, -0.2) is 15.0 Å². The first-order chi connectivity index (χ1) is 21.6. The minimum atomic E-state index is 0.616. The average Bonchev–Trinajstić information content (AvgIpc) is 3.11. The number of benzene rings is 5. The van der Waals surface area contributed by atoms with Crippen LogP contribution >= 0.6 is 0 Å². The van der Waals surface area contributed by atoms with Crippen molar-refractivity contribution in [3.8, 4) is 56.4 Å². The lowest BCUT2D eigenvalue weighted by Gasteiger charge is -2.14. The van der Waals surface area contributed by atoms with Gasteiger partial charge in [-0.05, 0) is 59.7 Å². The lowest BCUT2D eigenvalue weighted by molar-refractivity contribution is 1.07. The third-order valence-corrected chi connectivity index (χ3v) is 7.69. The predicted molar refractivity (Wildman–Crippen MR) is 185 cm³/mol. The number of anilines is 4. The number of hydrogen-bond acceptors (Lipinski definition) is 7. The maximum absolute atomic E-state index is 5.04. The Morgan fingerprint density at radius 1 is 0.364 bits per heavy atom. The second-order valence-corrected chi connectivity index (χ2v) is 10.4. The molecule has 0 atom stereocenters. The first-order valence-electron chi connectivity index (χ1n) is 14.6. The van der Waals surface area contributed by atoms with Gasteiger partial charge >= 0.3 is 0 Å². The number of nitrogens with zero attached hydrogens (tertiary/aromatic N) is 3. The highest BCUT2D eigenvalue weighted by molar-refractivity contribution is 5.85. The minimum absolute atomic E-state index is 0.616. The van der Waals surface area contributed by atoms with Gasteiger partial charge in [-0.2, -0.15) is 0 Å². The van der Waals surface area contributed by atoms with Gasteiger partial charge in [-0.15, -0.1) is 0 Å². The second-order valence-electron chi connectivity index (χ2n) is 10.4. The van der Waals surface area contributed by atoms with Crippen molar-refractivity contribution in [3.63, 3.8) is 0 Å². The fourth-order valence-corrected chi connectivity index (χ4v) is 5.32. The average molecular weight is 578 g/mol. The summed E-state index contributed by atoms with van der Waals surface area (Å²) in [5.74, 6) is 1.86. The molecule has 0 aliphatic carbocycles. The van der Waals surface area contributed by atoms with E-state index >= 15 is 0 Å². The molecule has 0 radical (unpaired) electrons. The summed E-state index contributed by atoms with van der Waals surface area (Å²) in [6.07, 6.45) is 0. The minimum Gasteiger partial charge on any atom is -0.388 e. The molecule has 1 aromatic heterocycles. The van der Waals surface area contributed by atoms with Gasteiger partial charge in [0.25, 0.3) is 0 Å². The topological polar surface area (TPSA) is 86.8 Å². The lowest BCUT2D eigenvalue weighted by atomic mass is 9.99. The van der Waals surface area contributed by atoms with E-state index < -0.39 is 0 Å². The van der Waals surface area contributed by atoms with Crippen molar-refractivity contribution < 1.29 is 0 Å². The molecule has 4 N–H and O–H groups in total. The Balaban J connectivity index is 1.50. The van der Waals surface area contributed by atoms with Crippen molar-refractivity contribution in [1.82, 2.24) is 15.0 Å². The first kappa shape index (κ1) is 28.4. The Kier molecular flexibility index (Phi) is 8.19. The SMILES string of the molecule is CNc1ccc(NC)c(-c2cccc(-c3nc(-c4ccccc4)nc(-c4cccc(-c5cc(NC)ccc5NC)c4)n3)c2)c1. The quantitative estimate of drug-likeness (QED) is 0.137. The van der Waals surface area contributed by atoms with Crippen LogP contribution in [0.4, 0.5) is 22.7 Å². The Morgan fingerprint density at radius 2 is 0.773 bits per heavy atom. The van der Waals surface area contributed by atoms with Crippen LogP contribution in [0.25, 0.3) is 56.4 Å². The molecule has 0 aliphatic heterocycles. The van der Waals surface area contributed by atoms with Gasteiger partial charge in [-0.3, -0.25) is 0 Å². The zero-order valence-corrected chi connectivity index (χ0v) is 25.3. The summed E-state index contributed by atoms with van der Waals surface area (Å²) in [6.45, 7) is 0. The molecule has 6 rings (SSSR count). The van der Waals surface area contributed by atoms with E-state index in [1.807, 2.05) is 58.5 Å². The van der Waals surface area contributed by atoms with Crippen LogP contribution in [-0.2, 0) is 0 Å². The maximum Gasteiger partial charge on any atom is 0.164 e. The summed E-state index contributed by atoms with van der Waals surface area (Å²) in [7, 11) is 7.74. The van der Waals surface area contributed by atoms with E-state index in [9.17, 15) is 0 Å². The van der Waals surface area contributed by atoms with Crippen molar-refractivity contribution in [1.29, 1.82) is 0 Å². The standard InChI is InChI=1S/C37H35N7/c1-38-29-16-18-33(40-3)31(22-29)25-12-8-14-27(20-25)36-42-35(24-10-6-5-7-11-24)43-37(44-36)28-15-9-13-26(21-28)32-23-30(39-2)17-19-34(32)41-4/h5-23,38-41H,1-4H3. The van der Waals surface area contributed by atoms with Gasteiger partial charge in [0.05, 0.1) is 0 Å². The van der Waals surface area contributed by atoms with Gasteiger partial charge < -0.3 is 21.3 Å². The van der Waals surface area contributed by atoms with Crippen molar-refractivity contribution in [3.05, 3.63) is 115 Å². The van der Waals surface area contributed by atoms with Crippen LogP contribution in [0.3, 0.4) is 0 Å². The largest absolute Gasteiger partial charge is 0.388 e. The van der Waals surface area contributed by atoms with Crippen molar-refractivity contribution >= 4 is 22.7 Å². The highest BCUT2D eigenvalue weighted by Crippen LogP contribution is 2.35. The van der Waals surface area contributed by atoms with Crippen LogP contribution in [0.15, 0.2) is 115 Å². The first-order valence-corrected chi connectivity index (χ1v) is 14.6. The lowest BCUT2D eigenvalue weighted by Crippen LogP contribution is -2.01. The molecule has 6 aromatic rings. The molecular weight excluding hydrogens is 542 g/mol. The third kappa shape index (κ3) is 5.80. The van der Waals surface area contributed by atoms with E-state index in [0.717, 1.165) is 61.7 Å². The zero-order chi connectivity index (χ0) is 30.5. The Hall–Kier alpha value is -5.69. The Morgan fingerprint density at radius 3 is 1.20 bits per heavy atom. The molecule has 1 heterocycles. The molecule has 7 nitrogen and oxygen atoms in total. The molecule has 218 valence electrons. The summed E-state index contributed by atoms with van der Waals surface area (Å²) in [4.78, 5) is 15.0. The van der Waals surface area contributed by atoms with E-state index in [1.54, 1.807) is 0 Å². The molecule has 0 fully saturated rings. The van der Waals surface area contributed by atoms with Crippen LogP contribution in [0.2, 0.25) is 0 Å². The van der Waals surface area contributed by atoms with Gasteiger partial charge in [0.2, 0.25) is 0 Å². The van der Waals surface area contributed by atoms with E-state index in [0.29, 0.717) is 17.5 Å². The molecule has 7 heteroatoms. The monoisotopic (exact) mass is 577 g/mol. The number of aromatic nitrogens is 3. The smallest absolute Gasteiger partial charge is 0.164 e. The zero-order valence-electron chi connectivity index (χ0n) is 25.3. The maximum atomic E-state index is 5.04.